The van der Waals surface area contributed by atoms with E-state index in [4.69, 9.17) is 28.9 Å². The van der Waals surface area contributed by atoms with E-state index in [9.17, 15) is 9.90 Å². The number of pyridine rings is 1. The second kappa shape index (κ2) is 10.3. The van der Waals surface area contributed by atoms with Crippen molar-refractivity contribution in [3.05, 3.63) is 47.2 Å². The fourth-order valence-corrected chi connectivity index (χ4v) is 6.56. The highest BCUT2D eigenvalue weighted by Crippen LogP contribution is 2.47. The van der Waals surface area contributed by atoms with E-state index in [-0.39, 0.29) is 6.29 Å². The zero-order valence-electron chi connectivity index (χ0n) is 23.3. The zero-order valence-corrected chi connectivity index (χ0v) is 24.1. The number of hydrogen-bond acceptors (Lipinski definition) is 9. The normalized spacial score (nSPS) is 16.4. The summed E-state index contributed by atoms with van der Waals surface area (Å²) in [4.78, 5) is 24.6. The quantitative estimate of drug-likeness (QED) is 0.312. The maximum absolute atomic E-state index is 12.8. The van der Waals surface area contributed by atoms with Crippen LogP contribution in [0, 0.1) is 6.92 Å². The van der Waals surface area contributed by atoms with Crippen LogP contribution in [0.2, 0.25) is 0 Å². The molecule has 1 fully saturated rings. The minimum absolute atomic E-state index is 0.310. The van der Waals surface area contributed by atoms with Crippen LogP contribution in [0.25, 0.3) is 32.2 Å². The van der Waals surface area contributed by atoms with E-state index in [0.717, 1.165) is 55.1 Å². The molecule has 40 heavy (non-hydrogen) atoms. The molecule has 6 rings (SSSR count). The highest BCUT2D eigenvalue weighted by Gasteiger charge is 2.34. The van der Waals surface area contributed by atoms with Crippen LogP contribution < -0.4 is 9.64 Å². The number of carbonyl (C=O) groups is 1. The molecule has 2 aromatic carbocycles. The highest BCUT2D eigenvalue weighted by atomic mass is 32.1. The number of nitrogens with zero attached hydrogens (tertiary/aromatic N) is 3. The van der Waals surface area contributed by atoms with Crippen molar-refractivity contribution in [2.24, 2.45) is 0 Å². The molecule has 210 valence electrons. The van der Waals surface area contributed by atoms with Crippen molar-refractivity contribution in [2.75, 3.05) is 38.3 Å². The molecule has 0 amide bonds. The van der Waals surface area contributed by atoms with Gasteiger partial charge in [-0.3, -0.25) is 4.98 Å². The average molecular weight is 564 g/mol. The van der Waals surface area contributed by atoms with Crippen LogP contribution in [-0.2, 0) is 25.4 Å². The molecule has 9 nitrogen and oxygen atoms in total. The van der Waals surface area contributed by atoms with Crippen LogP contribution >= 0.6 is 11.3 Å². The van der Waals surface area contributed by atoms with Crippen LogP contribution in [0.5, 0.6) is 5.75 Å². The predicted molar refractivity (Wildman–Crippen MR) is 154 cm³/mol. The maximum Gasteiger partial charge on any atom is 0.337 e. The molecule has 0 radical (unpaired) electrons. The second-order valence-electron chi connectivity index (χ2n) is 11.2. The molecular weight excluding hydrogens is 530 g/mol. The van der Waals surface area contributed by atoms with Gasteiger partial charge >= 0.3 is 5.97 Å². The molecular formula is C30H33N3O6S. The number of thiazole rings is 1. The Labute approximate surface area is 236 Å². The highest BCUT2D eigenvalue weighted by molar-refractivity contribution is 7.22. The van der Waals surface area contributed by atoms with Crippen molar-refractivity contribution in [1.82, 2.24) is 9.97 Å². The van der Waals surface area contributed by atoms with Crippen molar-refractivity contribution in [3.63, 3.8) is 0 Å². The van der Waals surface area contributed by atoms with E-state index < -0.39 is 17.7 Å². The van der Waals surface area contributed by atoms with E-state index in [1.807, 2.05) is 70.1 Å². The van der Waals surface area contributed by atoms with Crippen LogP contribution in [0.15, 0.2) is 30.5 Å². The number of aryl methyl sites for hydroxylation is 1. The number of fused-ring (bicyclic) bond motifs is 1. The molecule has 4 heterocycles. The van der Waals surface area contributed by atoms with Crippen LogP contribution in [-0.4, -0.2) is 66.3 Å². The summed E-state index contributed by atoms with van der Waals surface area (Å²) in [6.45, 7) is 9.83. The van der Waals surface area contributed by atoms with Crippen molar-refractivity contribution in [2.45, 2.75) is 52.1 Å². The van der Waals surface area contributed by atoms with Gasteiger partial charge in [0.25, 0.3) is 0 Å². The molecule has 1 atom stereocenters. The first kappa shape index (κ1) is 26.9. The molecule has 0 aliphatic carbocycles. The van der Waals surface area contributed by atoms with Crippen molar-refractivity contribution in [3.8, 4) is 16.9 Å². The van der Waals surface area contributed by atoms with Crippen LogP contribution in [0.1, 0.15) is 43.6 Å². The lowest BCUT2D eigenvalue weighted by Gasteiger charge is -2.28. The first-order chi connectivity index (χ1) is 19.1. The van der Waals surface area contributed by atoms with Gasteiger partial charge in [0.2, 0.25) is 0 Å². The van der Waals surface area contributed by atoms with E-state index in [1.165, 1.54) is 16.9 Å². The minimum atomic E-state index is -1.19. The van der Waals surface area contributed by atoms with Crippen molar-refractivity contribution >= 4 is 43.6 Å². The summed E-state index contributed by atoms with van der Waals surface area (Å²) in [5.74, 6) is -0.254. The molecule has 0 unspecified atom stereocenters. The molecule has 10 heteroatoms. The topological polar surface area (TPSA) is 103 Å². The fourth-order valence-electron chi connectivity index (χ4n) is 5.47. The summed E-state index contributed by atoms with van der Waals surface area (Å²) in [6.07, 6.45) is 1.11. The summed E-state index contributed by atoms with van der Waals surface area (Å²) < 4.78 is 24.4. The molecule has 1 N–H and O–H groups in total. The third-order valence-corrected chi connectivity index (χ3v) is 8.36. The molecule has 0 spiro atoms. The van der Waals surface area contributed by atoms with Crippen LogP contribution in [0.3, 0.4) is 0 Å². The molecule has 2 aromatic heterocycles. The maximum atomic E-state index is 12.8. The van der Waals surface area contributed by atoms with E-state index in [0.29, 0.717) is 31.9 Å². The fraction of sp³-hybridized carbons (Fsp3) is 0.433. The number of ether oxygens (including phenoxy) is 4. The first-order valence-corrected chi connectivity index (χ1v) is 14.2. The van der Waals surface area contributed by atoms with Crippen molar-refractivity contribution in [1.29, 1.82) is 0 Å². The van der Waals surface area contributed by atoms with E-state index >= 15 is 0 Å². The Kier molecular flexibility index (Phi) is 6.90. The molecule has 1 saturated heterocycles. The Bertz CT molecular complexity index is 1590. The zero-order chi connectivity index (χ0) is 28.2. The monoisotopic (exact) mass is 563 g/mol. The minimum Gasteiger partial charge on any atom is -0.493 e. The van der Waals surface area contributed by atoms with Gasteiger partial charge in [-0.25, -0.2) is 9.78 Å². The van der Waals surface area contributed by atoms with Gasteiger partial charge in [0.1, 0.15) is 5.75 Å². The largest absolute Gasteiger partial charge is 0.493 e. The number of aromatic nitrogens is 2. The van der Waals surface area contributed by atoms with Gasteiger partial charge in [0.15, 0.2) is 17.5 Å². The number of carboxylic acid groups (broad SMARTS) is 1. The number of hydrogen-bond donors (Lipinski definition) is 1. The van der Waals surface area contributed by atoms with Gasteiger partial charge in [-0.05, 0) is 63.1 Å². The molecule has 0 saturated carbocycles. The number of benzene rings is 2. The summed E-state index contributed by atoms with van der Waals surface area (Å²) >= 11 is 1.51. The lowest BCUT2D eigenvalue weighted by Crippen LogP contribution is -2.29. The van der Waals surface area contributed by atoms with Gasteiger partial charge in [0.05, 0.1) is 47.7 Å². The summed E-state index contributed by atoms with van der Waals surface area (Å²) in [5, 5.41) is 12.2. The molecule has 4 aromatic rings. The Morgan fingerprint density at radius 1 is 1.23 bits per heavy atom. The van der Waals surface area contributed by atoms with Gasteiger partial charge in [0, 0.05) is 41.7 Å². The number of likely N-dealkylation sites (N-methyl/N-ethyl adjacent to an activating group) is 1. The third-order valence-electron chi connectivity index (χ3n) is 7.15. The summed E-state index contributed by atoms with van der Waals surface area (Å²) in [7, 11) is 1.96. The Morgan fingerprint density at radius 2 is 2.00 bits per heavy atom. The Morgan fingerprint density at radius 3 is 2.73 bits per heavy atom. The second-order valence-corrected chi connectivity index (χ2v) is 12.2. The standard InChI is InChI=1S/C30H33N3O6S/c1-16-14-19-27(40-29(32-19)33(5)15-21-37-12-13-38-21)24(22(16)26(28(34)35)39-30(2,3)4)18-6-7-20-23-17(9-11-36-20)8-10-31-25(18)23/h6-8,10,14,21,26H,9,11-13,15H2,1-5H3,(H,34,35)/t26-/m0/s1. The number of rotatable bonds is 7. The number of carboxylic acids is 1. The Balaban J connectivity index is 1.61. The van der Waals surface area contributed by atoms with Gasteiger partial charge in [-0.15, -0.1) is 0 Å². The van der Waals surface area contributed by atoms with Crippen molar-refractivity contribution < 1.29 is 28.8 Å². The molecule has 2 aliphatic heterocycles. The average Bonchev–Trinajstić information content (AvgIpc) is 3.57. The van der Waals surface area contributed by atoms with E-state index in [2.05, 4.69) is 0 Å². The summed E-state index contributed by atoms with van der Waals surface area (Å²) in [6, 6.07) is 7.93. The Hall–Kier alpha value is -3.31. The molecule has 0 bridgehead atoms. The SMILES string of the molecule is Cc1cc2nc(N(C)CC3OCCO3)sc2c(-c2ccc3c4c(ccnc24)CCO3)c1[C@H](OC(C)(C)C)C(=O)O. The third kappa shape index (κ3) is 4.89. The van der Waals surface area contributed by atoms with E-state index in [1.54, 1.807) is 0 Å². The summed E-state index contributed by atoms with van der Waals surface area (Å²) in [5.41, 5.74) is 5.05. The number of anilines is 1. The smallest absolute Gasteiger partial charge is 0.337 e. The van der Waals surface area contributed by atoms with Gasteiger partial charge < -0.3 is 29.0 Å². The number of aliphatic carboxylic acids is 1. The lowest BCUT2D eigenvalue weighted by molar-refractivity contribution is -0.160. The van der Waals surface area contributed by atoms with Crippen LogP contribution in [0.4, 0.5) is 5.13 Å². The molecule has 2 aliphatic rings. The van der Waals surface area contributed by atoms with Gasteiger partial charge in [-0.1, -0.05) is 11.3 Å². The van der Waals surface area contributed by atoms with Gasteiger partial charge in [-0.2, -0.15) is 0 Å². The lowest BCUT2D eigenvalue weighted by atomic mass is 9.89. The first-order valence-electron chi connectivity index (χ1n) is 13.4. The predicted octanol–water partition coefficient (Wildman–Crippen LogP) is 5.50.